The first-order chi connectivity index (χ1) is 12.4. The number of carbonyl (C=O) groups is 1. The highest BCUT2D eigenvalue weighted by atomic mass is 35.5. The number of carbonyl (C=O) groups excluding carboxylic acids is 1. The molecule has 3 rings (SSSR count). The van der Waals surface area contributed by atoms with Crippen molar-refractivity contribution in [3.8, 4) is 0 Å². The maximum absolute atomic E-state index is 13.0. The van der Waals surface area contributed by atoms with Crippen molar-refractivity contribution in [2.75, 3.05) is 18.4 Å². The van der Waals surface area contributed by atoms with Gasteiger partial charge in [0.05, 0.1) is 16.0 Å². The van der Waals surface area contributed by atoms with Crippen LogP contribution in [0.4, 0.5) is 5.82 Å². The van der Waals surface area contributed by atoms with E-state index in [2.05, 4.69) is 10.3 Å². The SMILES string of the molecule is O=C(Nc1ccccn1)C1CCCN(S(=O)(=O)c2c(Cl)cccc2Cl)C1. The van der Waals surface area contributed by atoms with E-state index >= 15 is 0 Å². The molecule has 1 N–H and O–H groups in total. The van der Waals surface area contributed by atoms with Crippen molar-refractivity contribution in [1.82, 2.24) is 9.29 Å². The van der Waals surface area contributed by atoms with Crippen LogP contribution >= 0.6 is 23.2 Å². The number of pyridine rings is 1. The van der Waals surface area contributed by atoms with Gasteiger partial charge in [0.2, 0.25) is 15.9 Å². The summed E-state index contributed by atoms with van der Waals surface area (Å²) in [5.74, 6) is -0.290. The minimum atomic E-state index is -3.89. The highest BCUT2D eigenvalue weighted by Crippen LogP contribution is 2.33. The quantitative estimate of drug-likeness (QED) is 0.832. The molecule has 2 aromatic rings. The normalized spacial score (nSPS) is 18.5. The van der Waals surface area contributed by atoms with Crippen molar-refractivity contribution in [3.63, 3.8) is 0 Å². The van der Waals surface area contributed by atoms with Gasteiger partial charge in [-0.2, -0.15) is 4.31 Å². The Kier molecular flexibility index (Phi) is 5.82. The third-order valence-corrected chi connectivity index (χ3v) is 7.01. The average molecular weight is 414 g/mol. The minimum absolute atomic E-state index is 0.0672. The van der Waals surface area contributed by atoms with Gasteiger partial charge in [-0.05, 0) is 37.1 Å². The van der Waals surface area contributed by atoms with E-state index in [-0.39, 0.29) is 27.4 Å². The van der Waals surface area contributed by atoms with Gasteiger partial charge in [-0.3, -0.25) is 4.79 Å². The topological polar surface area (TPSA) is 79.4 Å². The number of hydrogen-bond acceptors (Lipinski definition) is 4. The second-order valence-electron chi connectivity index (χ2n) is 5.96. The Morgan fingerprint density at radius 1 is 1.15 bits per heavy atom. The van der Waals surface area contributed by atoms with Gasteiger partial charge in [-0.25, -0.2) is 13.4 Å². The molecule has 0 radical (unpaired) electrons. The van der Waals surface area contributed by atoms with Crippen LogP contribution in [0.25, 0.3) is 0 Å². The Balaban J connectivity index is 1.78. The van der Waals surface area contributed by atoms with Crippen molar-refractivity contribution in [1.29, 1.82) is 0 Å². The van der Waals surface area contributed by atoms with Crippen molar-refractivity contribution in [2.24, 2.45) is 5.92 Å². The van der Waals surface area contributed by atoms with Gasteiger partial charge in [0.1, 0.15) is 10.7 Å². The highest BCUT2D eigenvalue weighted by molar-refractivity contribution is 7.89. The van der Waals surface area contributed by atoms with Crippen molar-refractivity contribution in [2.45, 2.75) is 17.7 Å². The zero-order valence-electron chi connectivity index (χ0n) is 13.7. The number of rotatable bonds is 4. The second kappa shape index (κ2) is 7.92. The molecule has 9 heteroatoms. The number of sulfonamides is 1. The maximum atomic E-state index is 13.0. The first kappa shape index (κ1) is 19.1. The Morgan fingerprint density at radius 2 is 1.88 bits per heavy atom. The van der Waals surface area contributed by atoms with E-state index in [4.69, 9.17) is 23.2 Å². The lowest BCUT2D eigenvalue weighted by Gasteiger charge is -2.31. The molecule has 1 atom stereocenters. The molecule has 0 saturated carbocycles. The molecular weight excluding hydrogens is 397 g/mol. The van der Waals surface area contributed by atoms with Crippen LogP contribution in [0.3, 0.4) is 0 Å². The lowest BCUT2D eigenvalue weighted by molar-refractivity contribution is -0.120. The number of nitrogens with zero attached hydrogens (tertiary/aromatic N) is 2. The standard InChI is InChI=1S/C17H17Cl2N3O3S/c18-13-6-3-7-14(19)16(13)26(24,25)22-10-4-5-12(11-22)17(23)21-15-8-1-2-9-20-15/h1-3,6-9,12H,4-5,10-11H2,(H,20,21,23). The molecular formula is C17H17Cl2N3O3S. The van der Waals surface area contributed by atoms with Gasteiger partial charge < -0.3 is 5.32 Å². The summed E-state index contributed by atoms with van der Waals surface area (Å²) in [6.45, 7) is 0.389. The summed E-state index contributed by atoms with van der Waals surface area (Å²) in [5, 5.41) is 2.86. The predicted octanol–water partition coefficient (Wildman–Crippen LogP) is 3.43. The highest BCUT2D eigenvalue weighted by Gasteiger charge is 2.35. The minimum Gasteiger partial charge on any atom is -0.310 e. The Hall–Kier alpha value is -1.67. The molecule has 1 aliphatic rings. The predicted molar refractivity (Wildman–Crippen MR) is 101 cm³/mol. The van der Waals surface area contributed by atoms with Crippen LogP contribution in [0.5, 0.6) is 0 Å². The molecule has 1 unspecified atom stereocenters. The smallest absolute Gasteiger partial charge is 0.246 e. The summed E-state index contributed by atoms with van der Waals surface area (Å²) < 4.78 is 27.2. The van der Waals surface area contributed by atoms with E-state index in [1.165, 1.54) is 16.4 Å². The van der Waals surface area contributed by atoms with Gasteiger partial charge in [0.15, 0.2) is 0 Å². The average Bonchev–Trinajstić information content (AvgIpc) is 2.62. The molecule has 26 heavy (non-hydrogen) atoms. The Morgan fingerprint density at radius 3 is 2.54 bits per heavy atom. The molecule has 0 spiro atoms. The molecule has 1 aliphatic heterocycles. The molecule has 1 fully saturated rings. The third-order valence-electron chi connectivity index (χ3n) is 4.19. The molecule has 1 saturated heterocycles. The summed E-state index contributed by atoms with van der Waals surface area (Å²) in [6, 6.07) is 9.74. The largest absolute Gasteiger partial charge is 0.310 e. The van der Waals surface area contributed by atoms with Gasteiger partial charge in [0.25, 0.3) is 0 Å². The third kappa shape index (κ3) is 4.01. The molecule has 1 aromatic carbocycles. The van der Waals surface area contributed by atoms with Gasteiger partial charge in [0, 0.05) is 19.3 Å². The van der Waals surface area contributed by atoms with Crippen LogP contribution < -0.4 is 5.32 Å². The van der Waals surface area contributed by atoms with Crippen LogP contribution in [-0.4, -0.2) is 36.7 Å². The van der Waals surface area contributed by atoms with Gasteiger partial charge >= 0.3 is 0 Å². The summed E-state index contributed by atoms with van der Waals surface area (Å²) >= 11 is 12.1. The van der Waals surface area contributed by atoms with Crippen molar-refractivity contribution < 1.29 is 13.2 Å². The fourth-order valence-electron chi connectivity index (χ4n) is 2.90. The Labute approximate surface area is 162 Å². The fourth-order valence-corrected chi connectivity index (χ4v) is 5.51. The van der Waals surface area contributed by atoms with E-state index in [0.29, 0.717) is 25.2 Å². The summed E-state index contributed by atoms with van der Waals surface area (Å²) in [4.78, 5) is 16.4. The molecule has 1 aromatic heterocycles. The molecule has 0 aliphatic carbocycles. The second-order valence-corrected chi connectivity index (χ2v) is 8.65. The number of hydrogen-bond donors (Lipinski definition) is 1. The Bertz CT molecular complexity index is 886. The lowest BCUT2D eigenvalue weighted by Crippen LogP contribution is -2.43. The van der Waals surface area contributed by atoms with Crippen LogP contribution in [0.15, 0.2) is 47.5 Å². The number of amides is 1. The maximum Gasteiger partial charge on any atom is 0.246 e. The first-order valence-electron chi connectivity index (χ1n) is 8.05. The zero-order chi connectivity index (χ0) is 18.7. The molecule has 1 amide bonds. The fraction of sp³-hybridized carbons (Fsp3) is 0.294. The lowest BCUT2D eigenvalue weighted by atomic mass is 9.99. The molecule has 138 valence electrons. The van der Waals surface area contributed by atoms with E-state index in [9.17, 15) is 13.2 Å². The van der Waals surface area contributed by atoms with Gasteiger partial charge in [-0.15, -0.1) is 0 Å². The van der Waals surface area contributed by atoms with Crippen LogP contribution in [0.2, 0.25) is 10.0 Å². The van der Waals surface area contributed by atoms with E-state index in [0.717, 1.165) is 0 Å². The number of benzene rings is 1. The number of halogens is 2. The summed E-state index contributed by atoms with van der Waals surface area (Å²) in [5.41, 5.74) is 0. The number of nitrogens with one attached hydrogen (secondary N) is 1. The number of piperidine rings is 1. The van der Waals surface area contributed by atoms with Gasteiger partial charge in [-0.1, -0.05) is 35.3 Å². The van der Waals surface area contributed by atoms with E-state index in [1.807, 2.05) is 0 Å². The zero-order valence-corrected chi connectivity index (χ0v) is 16.1. The van der Waals surface area contributed by atoms with Crippen LogP contribution in [-0.2, 0) is 14.8 Å². The van der Waals surface area contributed by atoms with E-state index in [1.54, 1.807) is 30.5 Å². The van der Waals surface area contributed by atoms with Crippen LogP contribution in [0.1, 0.15) is 12.8 Å². The molecule has 2 heterocycles. The van der Waals surface area contributed by atoms with E-state index < -0.39 is 15.9 Å². The number of anilines is 1. The monoisotopic (exact) mass is 413 g/mol. The van der Waals surface area contributed by atoms with Crippen molar-refractivity contribution in [3.05, 3.63) is 52.6 Å². The first-order valence-corrected chi connectivity index (χ1v) is 10.3. The number of aromatic nitrogens is 1. The molecule has 6 nitrogen and oxygen atoms in total. The molecule has 0 bridgehead atoms. The summed E-state index contributed by atoms with van der Waals surface area (Å²) in [6.07, 6.45) is 2.75. The summed E-state index contributed by atoms with van der Waals surface area (Å²) in [7, 11) is -3.89. The van der Waals surface area contributed by atoms with Crippen LogP contribution in [0, 0.1) is 5.92 Å². The van der Waals surface area contributed by atoms with Crippen molar-refractivity contribution >= 4 is 45.0 Å².